The van der Waals surface area contributed by atoms with Gasteiger partial charge in [0.25, 0.3) is 11.8 Å². The van der Waals surface area contributed by atoms with Crippen LogP contribution >= 0.6 is 0 Å². The van der Waals surface area contributed by atoms with Gasteiger partial charge < -0.3 is 15.2 Å². The molecule has 180 valence electrons. The molecule has 37 heavy (non-hydrogen) atoms. The number of carbonyl (C=O) groups is 2. The lowest BCUT2D eigenvalue weighted by Gasteiger charge is -2.13. The maximum atomic E-state index is 13.5. The molecule has 1 aliphatic rings. The minimum atomic E-state index is -0.225. The van der Waals surface area contributed by atoms with E-state index in [-0.39, 0.29) is 11.8 Å². The Bertz CT molecular complexity index is 1610. The van der Waals surface area contributed by atoms with Crippen LogP contribution in [0.25, 0.3) is 16.8 Å². The maximum absolute atomic E-state index is 13.5. The monoisotopic (exact) mass is 484 g/mol. The molecular formula is C31H24N4O2. The van der Waals surface area contributed by atoms with Crippen LogP contribution < -0.4 is 10.6 Å². The molecule has 1 aromatic heterocycles. The Kier molecular flexibility index (Phi) is 5.83. The number of nitrogens with zero attached hydrogens (tertiary/aromatic N) is 2. The van der Waals surface area contributed by atoms with Crippen molar-refractivity contribution in [1.82, 2.24) is 14.9 Å². The van der Waals surface area contributed by atoms with Gasteiger partial charge in [-0.05, 0) is 58.5 Å². The molecule has 4 aromatic carbocycles. The van der Waals surface area contributed by atoms with Crippen molar-refractivity contribution in [2.75, 3.05) is 5.32 Å². The Morgan fingerprint density at radius 2 is 1.65 bits per heavy atom. The summed E-state index contributed by atoms with van der Waals surface area (Å²) < 4.78 is 1.81. The summed E-state index contributed by atoms with van der Waals surface area (Å²) in [5, 5.41) is 6.00. The zero-order valence-electron chi connectivity index (χ0n) is 20.0. The molecule has 0 unspecified atom stereocenters. The molecule has 0 spiro atoms. The Balaban J connectivity index is 1.29. The average molecular weight is 485 g/mol. The number of anilines is 1. The third-order valence-electron chi connectivity index (χ3n) is 6.63. The highest BCUT2D eigenvalue weighted by Gasteiger charge is 2.23. The SMILES string of the molecule is O=C(NCc1ccccc1)c1cc(NC(=O)c2cccc3c2Cc2ccccc2-3)cc(-n2ccnc2)c1. The van der Waals surface area contributed by atoms with Gasteiger partial charge >= 0.3 is 0 Å². The Labute approximate surface area is 214 Å². The molecule has 0 atom stereocenters. The lowest BCUT2D eigenvalue weighted by molar-refractivity contribution is 0.0949. The van der Waals surface area contributed by atoms with Crippen molar-refractivity contribution in [3.8, 4) is 16.8 Å². The van der Waals surface area contributed by atoms with E-state index in [1.54, 1.807) is 35.4 Å². The molecule has 0 radical (unpaired) electrons. The molecule has 2 amide bonds. The number of aromatic nitrogens is 2. The summed E-state index contributed by atoms with van der Waals surface area (Å²) >= 11 is 0. The standard InChI is InChI=1S/C31H24N4O2/c36-30(33-19-21-7-2-1-3-8-21)23-15-24(18-25(16-23)35-14-13-32-20-35)34-31(37)28-12-6-11-27-26-10-5-4-9-22(26)17-29(27)28/h1-16,18,20H,17,19H2,(H,33,36)(H,34,37). The fourth-order valence-electron chi connectivity index (χ4n) is 4.82. The van der Waals surface area contributed by atoms with Gasteiger partial charge in [-0.1, -0.05) is 66.7 Å². The van der Waals surface area contributed by atoms with Crippen LogP contribution in [-0.4, -0.2) is 21.4 Å². The number of imidazole rings is 1. The highest BCUT2D eigenvalue weighted by molar-refractivity contribution is 6.08. The molecule has 6 nitrogen and oxygen atoms in total. The maximum Gasteiger partial charge on any atom is 0.255 e. The molecule has 2 N–H and O–H groups in total. The molecule has 0 fully saturated rings. The quantitative estimate of drug-likeness (QED) is 0.322. The number of amides is 2. The number of rotatable bonds is 6. The van der Waals surface area contributed by atoms with E-state index in [0.29, 0.717) is 23.4 Å². The van der Waals surface area contributed by atoms with E-state index in [2.05, 4.69) is 33.8 Å². The summed E-state index contributed by atoms with van der Waals surface area (Å²) in [6.07, 6.45) is 5.85. The van der Waals surface area contributed by atoms with Crippen LogP contribution in [0.2, 0.25) is 0 Å². The summed E-state index contributed by atoms with van der Waals surface area (Å²) in [5.74, 6) is -0.430. The van der Waals surface area contributed by atoms with Crippen molar-refractivity contribution in [3.05, 3.63) is 138 Å². The number of nitrogens with one attached hydrogen (secondary N) is 2. The van der Waals surface area contributed by atoms with E-state index in [0.717, 1.165) is 28.8 Å². The predicted octanol–water partition coefficient (Wildman–Crippen LogP) is 5.63. The van der Waals surface area contributed by atoms with Crippen molar-refractivity contribution in [3.63, 3.8) is 0 Å². The molecular weight excluding hydrogens is 460 g/mol. The molecule has 0 bridgehead atoms. The molecule has 1 heterocycles. The Morgan fingerprint density at radius 1 is 0.838 bits per heavy atom. The second-order valence-corrected chi connectivity index (χ2v) is 9.03. The van der Waals surface area contributed by atoms with Gasteiger partial charge in [0.1, 0.15) is 0 Å². The fourth-order valence-corrected chi connectivity index (χ4v) is 4.82. The van der Waals surface area contributed by atoms with E-state index in [4.69, 9.17) is 0 Å². The van der Waals surface area contributed by atoms with E-state index in [9.17, 15) is 9.59 Å². The lowest BCUT2D eigenvalue weighted by Crippen LogP contribution is -2.23. The first-order valence-electron chi connectivity index (χ1n) is 12.1. The van der Waals surface area contributed by atoms with E-state index >= 15 is 0 Å². The summed E-state index contributed by atoms with van der Waals surface area (Å²) in [6, 6.07) is 29.1. The third-order valence-corrected chi connectivity index (χ3v) is 6.63. The third kappa shape index (κ3) is 4.52. The highest BCUT2D eigenvalue weighted by atomic mass is 16.2. The van der Waals surface area contributed by atoms with E-state index in [1.807, 2.05) is 60.7 Å². The smallest absolute Gasteiger partial charge is 0.255 e. The second-order valence-electron chi connectivity index (χ2n) is 9.03. The zero-order valence-corrected chi connectivity index (χ0v) is 20.0. The van der Waals surface area contributed by atoms with Gasteiger partial charge in [0, 0.05) is 41.4 Å². The van der Waals surface area contributed by atoms with Gasteiger partial charge in [0.15, 0.2) is 0 Å². The number of carbonyl (C=O) groups excluding carboxylic acids is 2. The summed E-state index contributed by atoms with van der Waals surface area (Å²) in [6.45, 7) is 0.410. The van der Waals surface area contributed by atoms with E-state index < -0.39 is 0 Å². The minimum absolute atomic E-state index is 0.205. The van der Waals surface area contributed by atoms with Crippen LogP contribution in [0.5, 0.6) is 0 Å². The molecule has 0 saturated heterocycles. The van der Waals surface area contributed by atoms with Crippen LogP contribution in [0.15, 0.2) is 110 Å². The van der Waals surface area contributed by atoms with Crippen LogP contribution in [-0.2, 0) is 13.0 Å². The van der Waals surface area contributed by atoms with Crippen LogP contribution in [0, 0.1) is 0 Å². The normalized spacial score (nSPS) is 11.5. The molecule has 0 aliphatic heterocycles. The van der Waals surface area contributed by atoms with Crippen molar-refractivity contribution in [1.29, 1.82) is 0 Å². The summed E-state index contributed by atoms with van der Waals surface area (Å²) in [4.78, 5) is 30.7. The Morgan fingerprint density at radius 3 is 2.49 bits per heavy atom. The van der Waals surface area contributed by atoms with Crippen molar-refractivity contribution in [2.24, 2.45) is 0 Å². The van der Waals surface area contributed by atoms with Gasteiger partial charge in [-0.2, -0.15) is 0 Å². The van der Waals surface area contributed by atoms with E-state index in [1.165, 1.54) is 11.1 Å². The fraction of sp³-hybridized carbons (Fsp3) is 0.0645. The number of hydrogen-bond acceptors (Lipinski definition) is 3. The van der Waals surface area contributed by atoms with Gasteiger partial charge in [0.05, 0.1) is 6.33 Å². The summed E-state index contributed by atoms with van der Waals surface area (Å²) in [5.41, 5.74) is 7.86. The van der Waals surface area contributed by atoms with Crippen molar-refractivity contribution >= 4 is 17.5 Å². The Hall–Kier alpha value is -4.97. The molecule has 6 heteroatoms. The first-order chi connectivity index (χ1) is 18.2. The zero-order chi connectivity index (χ0) is 25.2. The van der Waals surface area contributed by atoms with Crippen LogP contribution in [0.4, 0.5) is 5.69 Å². The summed E-state index contributed by atoms with van der Waals surface area (Å²) in [7, 11) is 0. The highest BCUT2D eigenvalue weighted by Crippen LogP contribution is 2.38. The molecule has 6 rings (SSSR count). The van der Waals surface area contributed by atoms with Crippen molar-refractivity contribution in [2.45, 2.75) is 13.0 Å². The van der Waals surface area contributed by atoms with Gasteiger partial charge in [-0.15, -0.1) is 0 Å². The second kappa shape index (κ2) is 9.59. The lowest BCUT2D eigenvalue weighted by atomic mass is 10.0. The molecule has 5 aromatic rings. The van der Waals surface area contributed by atoms with Crippen LogP contribution in [0.3, 0.4) is 0 Å². The van der Waals surface area contributed by atoms with Gasteiger partial charge in [0.2, 0.25) is 0 Å². The van der Waals surface area contributed by atoms with Crippen LogP contribution in [0.1, 0.15) is 37.4 Å². The van der Waals surface area contributed by atoms with Gasteiger partial charge in [-0.3, -0.25) is 9.59 Å². The first kappa shape index (κ1) is 22.5. The largest absolute Gasteiger partial charge is 0.348 e. The topological polar surface area (TPSA) is 76.0 Å². The number of fused-ring (bicyclic) bond motifs is 3. The van der Waals surface area contributed by atoms with Crippen molar-refractivity contribution < 1.29 is 9.59 Å². The number of benzene rings is 4. The minimum Gasteiger partial charge on any atom is -0.348 e. The number of hydrogen-bond donors (Lipinski definition) is 2. The van der Waals surface area contributed by atoms with Gasteiger partial charge in [-0.25, -0.2) is 4.98 Å². The average Bonchev–Trinajstić information content (AvgIpc) is 3.60. The predicted molar refractivity (Wildman–Crippen MR) is 144 cm³/mol. The first-order valence-corrected chi connectivity index (χ1v) is 12.1. The molecule has 1 aliphatic carbocycles. The molecule has 0 saturated carbocycles.